The lowest BCUT2D eigenvalue weighted by molar-refractivity contribution is -0.114. The summed E-state index contributed by atoms with van der Waals surface area (Å²) in [6, 6.07) is 10.8. The van der Waals surface area contributed by atoms with E-state index in [1.54, 1.807) is 7.11 Å². The molecule has 1 heterocycles. The number of carbonyl (C=O) groups is 2. The first kappa shape index (κ1) is 22.5. The van der Waals surface area contributed by atoms with Crippen molar-refractivity contribution in [3.63, 3.8) is 0 Å². The van der Waals surface area contributed by atoms with E-state index >= 15 is 0 Å². The highest BCUT2D eigenvalue weighted by molar-refractivity contribution is 7.15. The van der Waals surface area contributed by atoms with Gasteiger partial charge in [-0.25, -0.2) is 0 Å². The second kappa shape index (κ2) is 10.2. The van der Waals surface area contributed by atoms with Crippen molar-refractivity contribution < 1.29 is 19.1 Å². The molecule has 2 aromatic carbocycles. The summed E-state index contributed by atoms with van der Waals surface area (Å²) in [5.41, 5.74) is 1.73. The first-order valence-corrected chi connectivity index (χ1v) is 10.5. The third-order valence-corrected chi connectivity index (χ3v) is 5.53. The summed E-state index contributed by atoms with van der Waals surface area (Å²) < 4.78 is 10.4. The SMILES string of the molecule is COc1ccc(CCc2nnc(NC(=O)c3cc(Cl)c(NC(C)=O)cc3OC)s2)cc1. The molecule has 162 valence electrons. The number of amides is 2. The first-order chi connectivity index (χ1) is 14.9. The molecule has 0 aliphatic heterocycles. The molecule has 0 atom stereocenters. The minimum atomic E-state index is -0.439. The summed E-state index contributed by atoms with van der Waals surface area (Å²) in [7, 11) is 3.06. The van der Waals surface area contributed by atoms with Gasteiger partial charge in [0.15, 0.2) is 0 Å². The van der Waals surface area contributed by atoms with Crippen LogP contribution in [0.2, 0.25) is 5.02 Å². The van der Waals surface area contributed by atoms with Gasteiger partial charge in [0.05, 0.1) is 30.5 Å². The predicted molar refractivity (Wildman–Crippen MR) is 121 cm³/mol. The Bertz CT molecular complexity index is 1090. The molecule has 0 aliphatic carbocycles. The molecule has 3 rings (SSSR count). The Morgan fingerprint density at radius 2 is 1.77 bits per heavy atom. The second-order valence-electron chi connectivity index (χ2n) is 6.52. The van der Waals surface area contributed by atoms with Crippen molar-refractivity contribution in [2.45, 2.75) is 19.8 Å². The monoisotopic (exact) mass is 460 g/mol. The van der Waals surface area contributed by atoms with E-state index in [0.29, 0.717) is 17.2 Å². The first-order valence-electron chi connectivity index (χ1n) is 9.31. The number of ether oxygens (including phenoxy) is 2. The van der Waals surface area contributed by atoms with Gasteiger partial charge >= 0.3 is 0 Å². The topological polar surface area (TPSA) is 102 Å². The lowest BCUT2D eigenvalue weighted by Crippen LogP contribution is -2.14. The third kappa shape index (κ3) is 5.93. The Balaban J connectivity index is 1.66. The van der Waals surface area contributed by atoms with Crippen molar-refractivity contribution in [1.82, 2.24) is 10.2 Å². The van der Waals surface area contributed by atoms with E-state index in [4.69, 9.17) is 21.1 Å². The van der Waals surface area contributed by atoms with Gasteiger partial charge in [-0.2, -0.15) is 0 Å². The van der Waals surface area contributed by atoms with Crippen LogP contribution in [0.1, 0.15) is 27.9 Å². The van der Waals surface area contributed by atoms with Gasteiger partial charge < -0.3 is 14.8 Å². The fourth-order valence-corrected chi connectivity index (χ4v) is 3.74. The third-order valence-electron chi connectivity index (χ3n) is 4.32. The zero-order valence-corrected chi connectivity index (χ0v) is 18.8. The quantitative estimate of drug-likeness (QED) is 0.522. The molecule has 0 bridgehead atoms. The van der Waals surface area contributed by atoms with Crippen molar-refractivity contribution in [1.29, 1.82) is 0 Å². The van der Waals surface area contributed by atoms with Crippen molar-refractivity contribution in [2.24, 2.45) is 0 Å². The van der Waals surface area contributed by atoms with Gasteiger partial charge in [0.1, 0.15) is 16.5 Å². The summed E-state index contributed by atoms with van der Waals surface area (Å²) in [5, 5.41) is 14.9. The number of aryl methyl sites for hydroxylation is 2. The number of methoxy groups -OCH3 is 2. The smallest absolute Gasteiger partial charge is 0.261 e. The van der Waals surface area contributed by atoms with Gasteiger partial charge in [-0.15, -0.1) is 10.2 Å². The van der Waals surface area contributed by atoms with Crippen molar-refractivity contribution in [3.05, 3.63) is 57.6 Å². The molecular weight excluding hydrogens is 440 g/mol. The van der Waals surface area contributed by atoms with Gasteiger partial charge in [-0.3, -0.25) is 14.9 Å². The highest BCUT2D eigenvalue weighted by Crippen LogP contribution is 2.32. The summed E-state index contributed by atoms with van der Waals surface area (Å²) >= 11 is 7.49. The van der Waals surface area contributed by atoms with Crippen LogP contribution in [0.15, 0.2) is 36.4 Å². The summed E-state index contributed by atoms with van der Waals surface area (Å²) in [6.07, 6.45) is 1.49. The molecule has 0 saturated carbocycles. The second-order valence-corrected chi connectivity index (χ2v) is 7.99. The number of benzene rings is 2. The van der Waals surface area contributed by atoms with Crippen LogP contribution in [0.4, 0.5) is 10.8 Å². The number of aromatic nitrogens is 2. The standard InChI is InChI=1S/C21H21ClN4O4S/c1-12(27)23-17-11-18(30-3)15(10-16(17)22)20(28)24-21-26-25-19(31-21)9-6-13-4-7-14(29-2)8-5-13/h4-5,7-8,10-11H,6,9H2,1-3H3,(H,23,27)(H,24,26,28). The van der Waals surface area contributed by atoms with E-state index in [0.717, 1.165) is 22.7 Å². The number of carbonyl (C=O) groups excluding carboxylic acids is 2. The predicted octanol–water partition coefficient (Wildman–Crippen LogP) is 4.20. The Hall–Kier alpha value is -3.17. The number of nitrogens with zero attached hydrogens (tertiary/aromatic N) is 2. The zero-order valence-electron chi connectivity index (χ0n) is 17.2. The van der Waals surface area contributed by atoms with E-state index in [9.17, 15) is 9.59 Å². The van der Waals surface area contributed by atoms with E-state index in [2.05, 4.69) is 20.8 Å². The van der Waals surface area contributed by atoms with Crippen LogP contribution in [0.25, 0.3) is 0 Å². The number of rotatable bonds is 8. The number of nitrogens with one attached hydrogen (secondary N) is 2. The molecule has 0 fully saturated rings. The Morgan fingerprint density at radius 3 is 2.42 bits per heavy atom. The van der Waals surface area contributed by atoms with Gasteiger partial charge in [-0.05, 0) is 30.2 Å². The van der Waals surface area contributed by atoms with Crippen molar-refractivity contribution in [2.75, 3.05) is 24.9 Å². The normalized spacial score (nSPS) is 10.5. The molecule has 1 aromatic heterocycles. The number of halogens is 1. The largest absolute Gasteiger partial charge is 0.497 e. The van der Waals surface area contributed by atoms with Crippen LogP contribution >= 0.6 is 22.9 Å². The summed E-state index contributed by atoms with van der Waals surface area (Å²) in [5.74, 6) is 0.364. The molecule has 2 amide bonds. The minimum Gasteiger partial charge on any atom is -0.497 e. The average molecular weight is 461 g/mol. The molecule has 8 nitrogen and oxygen atoms in total. The van der Waals surface area contributed by atoms with E-state index in [1.165, 1.54) is 37.5 Å². The molecule has 10 heteroatoms. The van der Waals surface area contributed by atoms with Crippen molar-refractivity contribution in [3.8, 4) is 11.5 Å². The summed E-state index contributed by atoms with van der Waals surface area (Å²) in [6.45, 7) is 1.37. The van der Waals surface area contributed by atoms with Gasteiger partial charge in [0, 0.05) is 19.4 Å². The molecule has 2 N–H and O–H groups in total. The zero-order chi connectivity index (χ0) is 22.4. The van der Waals surface area contributed by atoms with Crippen LogP contribution in [0.3, 0.4) is 0 Å². The van der Waals surface area contributed by atoms with E-state index in [-0.39, 0.29) is 22.2 Å². The fraction of sp³-hybridized carbons (Fsp3) is 0.238. The highest BCUT2D eigenvalue weighted by atomic mass is 35.5. The number of hydrogen-bond acceptors (Lipinski definition) is 7. The molecule has 0 aliphatic rings. The van der Waals surface area contributed by atoms with Crippen LogP contribution in [0.5, 0.6) is 11.5 Å². The number of anilines is 2. The maximum absolute atomic E-state index is 12.7. The van der Waals surface area contributed by atoms with Crippen LogP contribution in [-0.4, -0.2) is 36.2 Å². The maximum atomic E-state index is 12.7. The van der Waals surface area contributed by atoms with E-state index < -0.39 is 5.91 Å². The van der Waals surface area contributed by atoms with Gasteiger partial charge in [-0.1, -0.05) is 35.1 Å². The number of hydrogen-bond donors (Lipinski definition) is 2. The molecule has 31 heavy (non-hydrogen) atoms. The minimum absolute atomic E-state index is 0.219. The van der Waals surface area contributed by atoms with E-state index in [1.807, 2.05) is 24.3 Å². The van der Waals surface area contributed by atoms with Crippen LogP contribution < -0.4 is 20.1 Å². The molecular formula is C21H21ClN4O4S. The van der Waals surface area contributed by atoms with Gasteiger partial charge in [0.25, 0.3) is 5.91 Å². The molecule has 0 saturated heterocycles. The lowest BCUT2D eigenvalue weighted by atomic mass is 10.1. The molecule has 3 aromatic rings. The lowest BCUT2D eigenvalue weighted by Gasteiger charge is -2.12. The van der Waals surface area contributed by atoms with Gasteiger partial charge in [0.2, 0.25) is 11.0 Å². The Kier molecular flexibility index (Phi) is 7.43. The molecule has 0 radical (unpaired) electrons. The average Bonchev–Trinajstić information content (AvgIpc) is 3.20. The fourth-order valence-electron chi connectivity index (χ4n) is 2.80. The molecule has 0 unspecified atom stereocenters. The summed E-state index contributed by atoms with van der Waals surface area (Å²) in [4.78, 5) is 24.0. The van der Waals surface area contributed by atoms with Crippen molar-refractivity contribution >= 4 is 45.6 Å². The Morgan fingerprint density at radius 1 is 1.03 bits per heavy atom. The van der Waals surface area contributed by atoms with Crippen LogP contribution in [-0.2, 0) is 17.6 Å². The maximum Gasteiger partial charge on any atom is 0.261 e. The highest BCUT2D eigenvalue weighted by Gasteiger charge is 2.18. The molecule has 0 spiro atoms. The Labute approximate surface area is 188 Å². The van der Waals surface area contributed by atoms with Crippen LogP contribution in [0, 0.1) is 0 Å².